The van der Waals surface area contributed by atoms with Gasteiger partial charge in [0.1, 0.15) is 0 Å². The number of ketones is 1. The monoisotopic (exact) mass is 204 g/mol. The number of hydrogen-bond donors (Lipinski definition) is 2. The van der Waals surface area contributed by atoms with E-state index in [-0.39, 0.29) is 5.78 Å². The lowest BCUT2D eigenvalue weighted by atomic mass is 9.88. The summed E-state index contributed by atoms with van der Waals surface area (Å²) in [7, 11) is 3.75. The zero-order chi connectivity index (χ0) is 10.8. The molecular weight excluding hydrogens is 188 g/mol. The van der Waals surface area contributed by atoms with Crippen LogP contribution < -0.4 is 10.6 Å². The van der Waals surface area contributed by atoms with Crippen LogP contribution in [0, 0.1) is 0 Å². The molecule has 0 unspecified atom stereocenters. The standard InChI is InChI=1S/C12H16N2O/c1-13-9-6-7-10(14-2)12-8(9)4-3-5-11(12)15/h6-7,13-14H,3-5H2,1-2H3. The number of hydrogen-bond acceptors (Lipinski definition) is 3. The number of rotatable bonds is 2. The van der Waals surface area contributed by atoms with Crippen molar-refractivity contribution >= 4 is 17.2 Å². The topological polar surface area (TPSA) is 41.1 Å². The molecule has 0 fully saturated rings. The van der Waals surface area contributed by atoms with E-state index in [1.165, 1.54) is 5.56 Å². The molecule has 0 aromatic heterocycles. The van der Waals surface area contributed by atoms with Crippen molar-refractivity contribution in [1.29, 1.82) is 0 Å². The van der Waals surface area contributed by atoms with Crippen molar-refractivity contribution in [2.75, 3.05) is 24.7 Å². The van der Waals surface area contributed by atoms with Crippen LogP contribution in [0.15, 0.2) is 12.1 Å². The molecule has 1 aromatic carbocycles. The molecular formula is C12H16N2O. The summed E-state index contributed by atoms with van der Waals surface area (Å²) in [5, 5.41) is 6.24. The third kappa shape index (κ3) is 1.58. The van der Waals surface area contributed by atoms with Crippen molar-refractivity contribution in [3.8, 4) is 0 Å². The van der Waals surface area contributed by atoms with Crippen LogP contribution in [0.3, 0.4) is 0 Å². The molecule has 0 atom stereocenters. The SMILES string of the molecule is CNc1ccc(NC)c2c1CCCC2=O. The maximum atomic E-state index is 11.9. The summed E-state index contributed by atoms with van der Waals surface area (Å²) in [6.45, 7) is 0. The first-order chi connectivity index (χ1) is 7.27. The Labute approximate surface area is 89.9 Å². The Morgan fingerprint density at radius 2 is 1.73 bits per heavy atom. The van der Waals surface area contributed by atoms with E-state index < -0.39 is 0 Å². The molecule has 3 nitrogen and oxygen atoms in total. The Morgan fingerprint density at radius 1 is 1.07 bits per heavy atom. The second kappa shape index (κ2) is 3.93. The summed E-state index contributed by atoms with van der Waals surface area (Å²) in [6, 6.07) is 4.00. The second-order valence-electron chi connectivity index (χ2n) is 3.79. The van der Waals surface area contributed by atoms with E-state index in [9.17, 15) is 4.79 Å². The summed E-state index contributed by atoms with van der Waals surface area (Å²) in [5.41, 5.74) is 4.09. The quantitative estimate of drug-likeness (QED) is 0.776. The highest BCUT2D eigenvalue weighted by atomic mass is 16.1. The Kier molecular flexibility index (Phi) is 2.62. The molecule has 3 heteroatoms. The fourth-order valence-electron chi connectivity index (χ4n) is 2.22. The highest BCUT2D eigenvalue weighted by Gasteiger charge is 2.22. The van der Waals surface area contributed by atoms with Gasteiger partial charge >= 0.3 is 0 Å². The van der Waals surface area contributed by atoms with Gasteiger partial charge in [0, 0.05) is 37.5 Å². The maximum absolute atomic E-state index is 11.9. The normalized spacial score (nSPS) is 14.7. The molecule has 2 N–H and O–H groups in total. The van der Waals surface area contributed by atoms with Gasteiger partial charge in [-0.3, -0.25) is 4.79 Å². The fourth-order valence-corrected chi connectivity index (χ4v) is 2.22. The zero-order valence-electron chi connectivity index (χ0n) is 9.18. The molecule has 0 saturated carbocycles. The second-order valence-corrected chi connectivity index (χ2v) is 3.79. The molecule has 0 saturated heterocycles. The Balaban J connectivity index is 2.61. The number of Topliss-reactive ketones (excluding diaryl/α,β-unsaturated/α-hetero) is 1. The minimum atomic E-state index is 0.262. The van der Waals surface area contributed by atoms with Crippen molar-refractivity contribution in [3.05, 3.63) is 23.3 Å². The summed E-state index contributed by atoms with van der Waals surface area (Å²) in [4.78, 5) is 11.9. The third-order valence-electron chi connectivity index (χ3n) is 2.96. The molecule has 15 heavy (non-hydrogen) atoms. The average molecular weight is 204 g/mol. The third-order valence-corrected chi connectivity index (χ3v) is 2.96. The summed E-state index contributed by atoms with van der Waals surface area (Å²) >= 11 is 0. The van der Waals surface area contributed by atoms with Gasteiger partial charge in [-0.05, 0) is 30.5 Å². The zero-order valence-corrected chi connectivity index (χ0v) is 9.18. The van der Waals surface area contributed by atoms with E-state index >= 15 is 0 Å². The van der Waals surface area contributed by atoms with Crippen LogP contribution in [0.1, 0.15) is 28.8 Å². The van der Waals surface area contributed by atoms with Crippen LogP contribution in [0.25, 0.3) is 0 Å². The number of anilines is 2. The molecule has 0 radical (unpaired) electrons. The van der Waals surface area contributed by atoms with Crippen LogP contribution in [0.5, 0.6) is 0 Å². The largest absolute Gasteiger partial charge is 0.388 e. The van der Waals surface area contributed by atoms with Gasteiger partial charge in [-0.15, -0.1) is 0 Å². The van der Waals surface area contributed by atoms with E-state index in [1.54, 1.807) is 0 Å². The van der Waals surface area contributed by atoms with Crippen LogP contribution in [-0.4, -0.2) is 19.9 Å². The highest BCUT2D eigenvalue weighted by Crippen LogP contribution is 2.32. The Bertz CT molecular complexity index is 399. The van der Waals surface area contributed by atoms with E-state index in [1.807, 2.05) is 26.2 Å². The molecule has 0 amide bonds. The van der Waals surface area contributed by atoms with E-state index in [4.69, 9.17) is 0 Å². The molecule has 2 rings (SSSR count). The lowest BCUT2D eigenvalue weighted by Gasteiger charge is -2.21. The number of carbonyl (C=O) groups is 1. The molecule has 0 spiro atoms. The summed E-state index contributed by atoms with van der Waals surface area (Å²) in [5.74, 6) is 0.262. The smallest absolute Gasteiger partial charge is 0.165 e. The van der Waals surface area contributed by atoms with Gasteiger partial charge in [-0.1, -0.05) is 0 Å². The summed E-state index contributed by atoms with van der Waals surface area (Å²) < 4.78 is 0. The van der Waals surface area contributed by atoms with Gasteiger partial charge in [-0.25, -0.2) is 0 Å². The first kappa shape index (κ1) is 10.0. The predicted octanol–water partition coefficient (Wildman–Crippen LogP) is 2.29. The van der Waals surface area contributed by atoms with E-state index in [2.05, 4.69) is 10.6 Å². The summed E-state index contributed by atoms with van der Waals surface area (Å²) in [6.07, 6.45) is 2.63. The van der Waals surface area contributed by atoms with Crippen LogP contribution in [-0.2, 0) is 6.42 Å². The number of carbonyl (C=O) groups excluding carboxylic acids is 1. The highest BCUT2D eigenvalue weighted by molar-refractivity contribution is 6.04. The minimum Gasteiger partial charge on any atom is -0.388 e. The Hall–Kier alpha value is -1.51. The van der Waals surface area contributed by atoms with Gasteiger partial charge in [-0.2, -0.15) is 0 Å². The van der Waals surface area contributed by atoms with Crippen LogP contribution in [0.2, 0.25) is 0 Å². The first-order valence-electron chi connectivity index (χ1n) is 5.32. The van der Waals surface area contributed by atoms with Gasteiger partial charge in [0.15, 0.2) is 5.78 Å². The van der Waals surface area contributed by atoms with Crippen molar-refractivity contribution in [1.82, 2.24) is 0 Å². The fraction of sp³-hybridized carbons (Fsp3) is 0.417. The molecule has 0 bridgehead atoms. The van der Waals surface area contributed by atoms with Gasteiger partial charge < -0.3 is 10.6 Å². The lowest BCUT2D eigenvalue weighted by Crippen LogP contribution is -2.15. The molecule has 0 aliphatic heterocycles. The molecule has 1 aliphatic rings. The van der Waals surface area contributed by atoms with Gasteiger partial charge in [0.2, 0.25) is 0 Å². The van der Waals surface area contributed by atoms with Gasteiger partial charge in [0.05, 0.1) is 0 Å². The van der Waals surface area contributed by atoms with Crippen molar-refractivity contribution in [3.63, 3.8) is 0 Å². The molecule has 80 valence electrons. The van der Waals surface area contributed by atoms with Gasteiger partial charge in [0.25, 0.3) is 0 Å². The van der Waals surface area contributed by atoms with Crippen LogP contribution >= 0.6 is 0 Å². The van der Waals surface area contributed by atoms with Crippen molar-refractivity contribution in [2.45, 2.75) is 19.3 Å². The molecule has 1 aromatic rings. The van der Waals surface area contributed by atoms with E-state index in [0.29, 0.717) is 6.42 Å². The first-order valence-corrected chi connectivity index (χ1v) is 5.32. The van der Waals surface area contributed by atoms with Crippen molar-refractivity contribution < 1.29 is 4.79 Å². The maximum Gasteiger partial charge on any atom is 0.165 e. The van der Waals surface area contributed by atoms with E-state index in [0.717, 1.165) is 29.8 Å². The molecule has 0 heterocycles. The predicted molar refractivity (Wildman–Crippen MR) is 62.8 cm³/mol. The Morgan fingerprint density at radius 3 is 2.40 bits per heavy atom. The van der Waals surface area contributed by atoms with Crippen LogP contribution in [0.4, 0.5) is 11.4 Å². The van der Waals surface area contributed by atoms with Crippen molar-refractivity contribution in [2.24, 2.45) is 0 Å². The minimum absolute atomic E-state index is 0.262. The number of nitrogens with one attached hydrogen (secondary N) is 2. The lowest BCUT2D eigenvalue weighted by molar-refractivity contribution is 0.0973. The number of benzene rings is 1. The average Bonchev–Trinajstić information content (AvgIpc) is 2.28. The number of fused-ring (bicyclic) bond motifs is 1. The molecule has 1 aliphatic carbocycles.